The van der Waals surface area contributed by atoms with Crippen LogP contribution < -0.4 is 0 Å². The van der Waals surface area contributed by atoms with Gasteiger partial charge in [0, 0.05) is 11.6 Å². The summed E-state index contributed by atoms with van der Waals surface area (Å²) in [5.41, 5.74) is 0.815. The summed E-state index contributed by atoms with van der Waals surface area (Å²) in [5, 5.41) is 8.15. The van der Waals surface area contributed by atoms with E-state index in [2.05, 4.69) is 4.98 Å². The van der Waals surface area contributed by atoms with Crippen molar-refractivity contribution in [3.8, 4) is 6.07 Å². The number of halogens is 1. The molecule has 1 heterocycles. The van der Waals surface area contributed by atoms with Crippen LogP contribution in [0.25, 0.3) is 0 Å². The molecule has 1 rings (SSSR count). The number of aryl methyl sites for hydroxylation is 1. The molecular formula is C11H13ClN2O2S. The van der Waals surface area contributed by atoms with Crippen LogP contribution in [0.1, 0.15) is 24.6 Å². The van der Waals surface area contributed by atoms with Crippen molar-refractivity contribution in [1.29, 1.82) is 5.26 Å². The smallest absolute Gasteiger partial charge is 0.198 e. The Kier molecular flexibility index (Phi) is 4.49. The molecule has 0 N–H and O–H groups in total. The fraction of sp³-hybridized carbons (Fsp3) is 0.455. The van der Waals surface area contributed by atoms with Gasteiger partial charge in [-0.25, -0.2) is 13.4 Å². The van der Waals surface area contributed by atoms with Crippen LogP contribution in [-0.2, 0) is 9.84 Å². The molecule has 1 aromatic heterocycles. The third-order valence-corrected chi connectivity index (χ3v) is 4.70. The normalized spacial score (nSPS) is 13.1. The molecule has 92 valence electrons. The average molecular weight is 273 g/mol. The van der Waals surface area contributed by atoms with Crippen molar-refractivity contribution in [3.63, 3.8) is 0 Å². The van der Waals surface area contributed by atoms with E-state index in [-0.39, 0.29) is 10.9 Å². The van der Waals surface area contributed by atoms with E-state index < -0.39 is 15.1 Å². The van der Waals surface area contributed by atoms with Gasteiger partial charge in [0.1, 0.15) is 0 Å². The predicted octanol–water partition coefficient (Wildman–Crippen LogP) is 2.05. The first kappa shape index (κ1) is 13.9. The number of hydrogen-bond acceptors (Lipinski definition) is 4. The van der Waals surface area contributed by atoms with Crippen LogP contribution >= 0.6 is 11.6 Å². The first-order valence-corrected chi connectivity index (χ1v) is 7.18. The minimum atomic E-state index is -3.50. The Bertz CT molecular complexity index is 549. The Morgan fingerprint density at radius 3 is 2.71 bits per heavy atom. The van der Waals surface area contributed by atoms with Crippen LogP contribution in [0.3, 0.4) is 0 Å². The van der Waals surface area contributed by atoms with Gasteiger partial charge in [0.05, 0.1) is 16.9 Å². The SMILES string of the molecule is Cc1cc(C#N)cc(S(=O)(=O)C(C)CCCl)n1. The zero-order valence-electron chi connectivity index (χ0n) is 9.64. The number of nitrogens with zero attached hydrogens (tertiary/aromatic N) is 2. The Balaban J connectivity index is 3.25. The first-order valence-electron chi connectivity index (χ1n) is 5.10. The minimum Gasteiger partial charge on any atom is -0.241 e. The van der Waals surface area contributed by atoms with Crippen molar-refractivity contribution in [3.05, 3.63) is 23.4 Å². The van der Waals surface area contributed by atoms with Crippen molar-refractivity contribution in [2.45, 2.75) is 30.5 Å². The monoisotopic (exact) mass is 272 g/mol. The van der Waals surface area contributed by atoms with Gasteiger partial charge in [0.15, 0.2) is 14.9 Å². The maximum absolute atomic E-state index is 12.1. The fourth-order valence-corrected chi connectivity index (χ4v) is 3.22. The number of rotatable bonds is 4. The van der Waals surface area contributed by atoms with Crippen molar-refractivity contribution < 1.29 is 8.42 Å². The van der Waals surface area contributed by atoms with Crippen molar-refractivity contribution >= 4 is 21.4 Å². The van der Waals surface area contributed by atoms with Gasteiger partial charge in [0.25, 0.3) is 0 Å². The van der Waals surface area contributed by atoms with Gasteiger partial charge in [-0.1, -0.05) is 0 Å². The molecular weight excluding hydrogens is 260 g/mol. The number of nitriles is 1. The Labute approximate surface area is 106 Å². The summed E-state index contributed by atoms with van der Waals surface area (Å²) in [6.45, 7) is 3.25. The molecule has 0 spiro atoms. The highest BCUT2D eigenvalue weighted by Crippen LogP contribution is 2.18. The van der Waals surface area contributed by atoms with E-state index in [4.69, 9.17) is 16.9 Å². The van der Waals surface area contributed by atoms with Crippen molar-refractivity contribution in [2.24, 2.45) is 0 Å². The lowest BCUT2D eigenvalue weighted by Crippen LogP contribution is -2.20. The molecule has 0 bridgehead atoms. The highest BCUT2D eigenvalue weighted by atomic mass is 35.5. The number of sulfone groups is 1. The Morgan fingerprint density at radius 1 is 1.53 bits per heavy atom. The highest BCUT2D eigenvalue weighted by molar-refractivity contribution is 7.92. The third-order valence-electron chi connectivity index (χ3n) is 2.40. The summed E-state index contributed by atoms with van der Waals surface area (Å²) in [7, 11) is -3.50. The lowest BCUT2D eigenvalue weighted by molar-refractivity contribution is 0.577. The van der Waals surface area contributed by atoms with E-state index in [9.17, 15) is 8.42 Å². The number of aromatic nitrogens is 1. The van der Waals surface area contributed by atoms with Gasteiger partial charge in [-0.2, -0.15) is 5.26 Å². The van der Waals surface area contributed by atoms with Gasteiger partial charge in [-0.3, -0.25) is 0 Å². The number of pyridine rings is 1. The third kappa shape index (κ3) is 3.18. The molecule has 17 heavy (non-hydrogen) atoms. The molecule has 1 aromatic rings. The molecule has 0 saturated carbocycles. The summed E-state index contributed by atoms with van der Waals surface area (Å²) in [6.07, 6.45) is 0.362. The summed E-state index contributed by atoms with van der Waals surface area (Å²) in [5.74, 6) is 0.275. The molecule has 0 fully saturated rings. The van der Waals surface area contributed by atoms with Gasteiger partial charge in [-0.15, -0.1) is 11.6 Å². The minimum absolute atomic E-state index is 0.0494. The van der Waals surface area contributed by atoms with Crippen molar-refractivity contribution in [1.82, 2.24) is 4.98 Å². The van der Waals surface area contributed by atoms with E-state index in [0.29, 0.717) is 17.7 Å². The largest absolute Gasteiger partial charge is 0.241 e. The van der Waals surface area contributed by atoms with Crippen LogP contribution in [0.2, 0.25) is 0 Å². The molecule has 4 nitrogen and oxygen atoms in total. The molecule has 6 heteroatoms. The topological polar surface area (TPSA) is 70.8 Å². The molecule has 1 atom stereocenters. The van der Waals surface area contributed by atoms with Crippen LogP contribution in [-0.4, -0.2) is 24.5 Å². The maximum atomic E-state index is 12.1. The lowest BCUT2D eigenvalue weighted by atomic mass is 10.2. The van der Waals surface area contributed by atoms with E-state index in [0.717, 1.165) is 0 Å². The van der Waals surface area contributed by atoms with E-state index in [1.807, 2.05) is 6.07 Å². The van der Waals surface area contributed by atoms with E-state index in [1.165, 1.54) is 6.07 Å². The van der Waals surface area contributed by atoms with E-state index in [1.54, 1.807) is 19.9 Å². The van der Waals surface area contributed by atoms with Crippen molar-refractivity contribution in [2.75, 3.05) is 5.88 Å². The molecule has 0 aromatic carbocycles. The molecule has 0 saturated heterocycles. The molecule has 0 aliphatic heterocycles. The van der Waals surface area contributed by atoms with Gasteiger partial charge >= 0.3 is 0 Å². The predicted molar refractivity (Wildman–Crippen MR) is 65.7 cm³/mol. The quantitative estimate of drug-likeness (QED) is 0.787. The second kappa shape index (κ2) is 5.48. The number of hydrogen-bond donors (Lipinski definition) is 0. The van der Waals surface area contributed by atoms with Crippen LogP contribution in [0.4, 0.5) is 0 Å². The summed E-state index contributed by atoms with van der Waals surface area (Å²) < 4.78 is 24.2. The molecule has 1 unspecified atom stereocenters. The van der Waals surface area contributed by atoms with Crippen LogP contribution in [0.15, 0.2) is 17.2 Å². The fourth-order valence-electron chi connectivity index (χ4n) is 1.36. The van der Waals surface area contributed by atoms with Gasteiger partial charge in [0.2, 0.25) is 0 Å². The van der Waals surface area contributed by atoms with E-state index >= 15 is 0 Å². The summed E-state index contributed by atoms with van der Waals surface area (Å²) in [4.78, 5) is 3.97. The Hall–Kier alpha value is -1.12. The van der Waals surface area contributed by atoms with Gasteiger partial charge in [-0.05, 0) is 32.4 Å². The molecule has 0 radical (unpaired) electrons. The highest BCUT2D eigenvalue weighted by Gasteiger charge is 2.24. The lowest BCUT2D eigenvalue weighted by Gasteiger charge is -2.11. The standard InChI is InChI=1S/C11H13ClN2O2S/c1-8-5-10(7-13)6-11(14-8)17(15,16)9(2)3-4-12/h5-6,9H,3-4H2,1-2H3. The Morgan fingerprint density at radius 2 is 2.18 bits per heavy atom. The zero-order chi connectivity index (χ0) is 13.1. The second-order valence-electron chi connectivity index (χ2n) is 3.78. The first-order chi connectivity index (χ1) is 7.91. The average Bonchev–Trinajstić information content (AvgIpc) is 2.28. The second-order valence-corrected chi connectivity index (χ2v) is 6.47. The molecule has 0 aliphatic carbocycles. The molecule has 0 aliphatic rings. The zero-order valence-corrected chi connectivity index (χ0v) is 11.2. The summed E-state index contributed by atoms with van der Waals surface area (Å²) >= 11 is 5.54. The molecule has 0 amide bonds. The van der Waals surface area contributed by atoms with Crippen LogP contribution in [0.5, 0.6) is 0 Å². The van der Waals surface area contributed by atoms with Gasteiger partial charge < -0.3 is 0 Å². The number of alkyl halides is 1. The maximum Gasteiger partial charge on any atom is 0.198 e. The van der Waals surface area contributed by atoms with Crippen LogP contribution in [0, 0.1) is 18.3 Å². The summed E-state index contributed by atoms with van der Waals surface area (Å²) in [6, 6.07) is 4.77.